The summed E-state index contributed by atoms with van der Waals surface area (Å²) < 4.78 is 6.18. The van der Waals surface area contributed by atoms with E-state index in [0.29, 0.717) is 21.9 Å². The fourth-order valence-electron chi connectivity index (χ4n) is 1.92. The van der Waals surface area contributed by atoms with Gasteiger partial charge in [0.25, 0.3) is 5.91 Å². The van der Waals surface area contributed by atoms with Gasteiger partial charge in [-0.2, -0.15) is 5.10 Å². The van der Waals surface area contributed by atoms with Crippen molar-refractivity contribution in [2.75, 3.05) is 6.61 Å². The van der Waals surface area contributed by atoms with Gasteiger partial charge in [-0.3, -0.25) is 4.79 Å². The van der Waals surface area contributed by atoms with Crippen LogP contribution in [0.2, 0.25) is 5.02 Å². The number of phenolic OH excluding ortho intramolecular Hbond substituents is 1. The molecular formula is C17H16BrClN2O3. The second-order valence-electron chi connectivity index (χ2n) is 5.15. The van der Waals surface area contributed by atoms with Crippen molar-refractivity contribution in [2.24, 2.45) is 5.10 Å². The van der Waals surface area contributed by atoms with Crippen LogP contribution >= 0.6 is 27.5 Å². The molecule has 0 unspecified atom stereocenters. The minimum absolute atomic E-state index is 0.115. The Labute approximate surface area is 153 Å². The average molecular weight is 412 g/mol. The Balaban J connectivity index is 1.90. The van der Waals surface area contributed by atoms with E-state index in [1.807, 2.05) is 6.92 Å². The smallest absolute Gasteiger partial charge is 0.277 e. The van der Waals surface area contributed by atoms with Gasteiger partial charge < -0.3 is 9.84 Å². The number of nitrogens with one attached hydrogen (secondary N) is 1. The molecule has 5 nitrogen and oxygen atoms in total. The molecule has 126 valence electrons. The quantitative estimate of drug-likeness (QED) is 0.578. The van der Waals surface area contributed by atoms with Crippen molar-refractivity contribution in [3.8, 4) is 11.5 Å². The first-order chi connectivity index (χ1) is 11.4. The van der Waals surface area contributed by atoms with Gasteiger partial charge in [0.1, 0.15) is 11.5 Å². The molecule has 0 atom stereocenters. The fraction of sp³-hybridized carbons (Fsp3) is 0.176. The van der Waals surface area contributed by atoms with Crippen molar-refractivity contribution < 1.29 is 14.6 Å². The fourth-order valence-corrected chi connectivity index (χ4v) is 2.63. The van der Waals surface area contributed by atoms with Gasteiger partial charge in [-0.15, -0.1) is 0 Å². The van der Waals surface area contributed by atoms with Crippen LogP contribution in [-0.2, 0) is 4.79 Å². The lowest BCUT2D eigenvalue weighted by Crippen LogP contribution is -2.24. The minimum Gasteiger partial charge on any atom is -0.507 e. The van der Waals surface area contributed by atoms with Crippen molar-refractivity contribution in [1.29, 1.82) is 0 Å². The van der Waals surface area contributed by atoms with Crippen LogP contribution in [0.5, 0.6) is 11.5 Å². The third kappa shape index (κ3) is 4.97. The van der Waals surface area contributed by atoms with Crippen LogP contribution in [0.3, 0.4) is 0 Å². The van der Waals surface area contributed by atoms with E-state index in [9.17, 15) is 9.90 Å². The van der Waals surface area contributed by atoms with E-state index < -0.39 is 5.91 Å². The van der Waals surface area contributed by atoms with Crippen molar-refractivity contribution >= 4 is 39.7 Å². The summed E-state index contributed by atoms with van der Waals surface area (Å²) >= 11 is 9.27. The largest absolute Gasteiger partial charge is 0.507 e. The molecule has 0 heterocycles. The first-order valence-electron chi connectivity index (χ1n) is 7.07. The molecule has 0 aliphatic carbocycles. The second kappa shape index (κ2) is 8.17. The monoisotopic (exact) mass is 410 g/mol. The number of phenols is 1. The number of hydrogen-bond acceptors (Lipinski definition) is 4. The molecule has 0 bridgehead atoms. The van der Waals surface area contributed by atoms with E-state index in [1.54, 1.807) is 37.3 Å². The van der Waals surface area contributed by atoms with Gasteiger partial charge >= 0.3 is 0 Å². The molecule has 0 spiro atoms. The Hall–Kier alpha value is -2.05. The minimum atomic E-state index is -0.412. The van der Waals surface area contributed by atoms with Crippen molar-refractivity contribution in [2.45, 2.75) is 13.8 Å². The Kier molecular flexibility index (Phi) is 6.23. The average Bonchev–Trinajstić information content (AvgIpc) is 2.53. The summed E-state index contributed by atoms with van der Waals surface area (Å²) in [6, 6.07) is 8.63. The summed E-state index contributed by atoms with van der Waals surface area (Å²) in [4.78, 5) is 11.7. The summed E-state index contributed by atoms with van der Waals surface area (Å²) in [6.45, 7) is 3.45. The zero-order valence-electron chi connectivity index (χ0n) is 13.1. The van der Waals surface area contributed by atoms with Crippen LogP contribution in [0.4, 0.5) is 0 Å². The number of aromatic hydroxyl groups is 1. The van der Waals surface area contributed by atoms with Gasteiger partial charge in [0.2, 0.25) is 0 Å². The lowest BCUT2D eigenvalue weighted by atomic mass is 10.1. The van der Waals surface area contributed by atoms with Crippen LogP contribution in [-0.4, -0.2) is 23.8 Å². The van der Waals surface area contributed by atoms with Gasteiger partial charge in [0.15, 0.2) is 6.61 Å². The number of carbonyl (C=O) groups excluding carboxylic acids is 1. The summed E-state index contributed by atoms with van der Waals surface area (Å²) in [7, 11) is 0. The molecule has 7 heteroatoms. The number of rotatable bonds is 5. The molecule has 0 saturated heterocycles. The number of hydrazone groups is 1. The molecule has 0 aliphatic heterocycles. The summed E-state index contributed by atoms with van der Waals surface area (Å²) in [5, 5.41) is 14.4. The van der Waals surface area contributed by atoms with Gasteiger partial charge in [-0.1, -0.05) is 27.5 Å². The zero-order chi connectivity index (χ0) is 17.7. The van der Waals surface area contributed by atoms with E-state index >= 15 is 0 Å². The maximum atomic E-state index is 11.7. The molecule has 2 rings (SSSR count). The molecule has 0 saturated carbocycles. The molecule has 0 radical (unpaired) electrons. The van der Waals surface area contributed by atoms with E-state index in [1.165, 1.54) is 6.21 Å². The molecule has 0 fully saturated rings. The standard InChI is InChI=1S/C17H16BrClN2O3/c1-10-6-14(3-4-15(10)19)24-9-16(22)21-20-8-12-7-13(18)5-11(2)17(12)23/h3-8,23H,9H2,1-2H3,(H,21,22)/b20-8-. The third-order valence-electron chi connectivity index (χ3n) is 3.19. The predicted molar refractivity (Wildman–Crippen MR) is 98.0 cm³/mol. The highest BCUT2D eigenvalue weighted by Gasteiger charge is 2.05. The number of amides is 1. The number of hydrogen-bond donors (Lipinski definition) is 2. The van der Waals surface area contributed by atoms with Crippen LogP contribution in [0.1, 0.15) is 16.7 Å². The molecule has 2 N–H and O–H groups in total. The van der Waals surface area contributed by atoms with E-state index in [0.717, 1.165) is 10.0 Å². The molecule has 2 aromatic carbocycles. The predicted octanol–water partition coefficient (Wildman–Crippen LogP) is 3.95. The number of ether oxygens (including phenoxy) is 1. The van der Waals surface area contributed by atoms with Crippen LogP contribution in [0.25, 0.3) is 0 Å². The Morgan fingerprint density at radius 2 is 2.08 bits per heavy atom. The Morgan fingerprint density at radius 3 is 2.79 bits per heavy atom. The maximum absolute atomic E-state index is 11.7. The third-order valence-corrected chi connectivity index (χ3v) is 4.07. The van der Waals surface area contributed by atoms with E-state index in [2.05, 4.69) is 26.5 Å². The van der Waals surface area contributed by atoms with Crippen LogP contribution in [0, 0.1) is 13.8 Å². The van der Waals surface area contributed by atoms with Crippen molar-refractivity contribution in [3.63, 3.8) is 0 Å². The van der Waals surface area contributed by atoms with Crippen molar-refractivity contribution in [1.82, 2.24) is 5.43 Å². The molecule has 24 heavy (non-hydrogen) atoms. The summed E-state index contributed by atoms with van der Waals surface area (Å²) in [5.41, 5.74) is 4.42. The lowest BCUT2D eigenvalue weighted by Gasteiger charge is -2.07. The van der Waals surface area contributed by atoms with Gasteiger partial charge in [0.05, 0.1) is 6.21 Å². The Morgan fingerprint density at radius 1 is 1.33 bits per heavy atom. The van der Waals surface area contributed by atoms with E-state index in [4.69, 9.17) is 16.3 Å². The summed E-state index contributed by atoms with van der Waals surface area (Å²) in [6.07, 6.45) is 1.37. The highest BCUT2D eigenvalue weighted by Crippen LogP contribution is 2.25. The maximum Gasteiger partial charge on any atom is 0.277 e. The normalized spacial score (nSPS) is 10.8. The number of aryl methyl sites for hydroxylation is 2. The first kappa shape index (κ1) is 18.3. The molecular weight excluding hydrogens is 396 g/mol. The molecule has 1 amide bonds. The highest BCUT2D eigenvalue weighted by molar-refractivity contribution is 9.10. The van der Waals surface area contributed by atoms with Crippen LogP contribution < -0.4 is 10.2 Å². The molecule has 2 aromatic rings. The highest BCUT2D eigenvalue weighted by atomic mass is 79.9. The zero-order valence-corrected chi connectivity index (χ0v) is 15.5. The number of benzene rings is 2. The van der Waals surface area contributed by atoms with Crippen LogP contribution in [0.15, 0.2) is 39.9 Å². The van der Waals surface area contributed by atoms with Gasteiger partial charge in [-0.25, -0.2) is 5.43 Å². The SMILES string of the molecule is Cc1cc(OCC(=O)N/N=C\c2cc(Br)cc(C)c2O)ccc1Cl. The number of halogens is 2. The number of carbonyl (C=O) groups is 1. The Bertz CT molecular complexity index is 794. The van der Waals surface area contributed by atoms with E-state index in [-0.39, 0.29) is 12.4 Å². The summed E-state index contributed by atoms with van der Waals surface area (Å²) in [5.74, 6) is 0.255. The lowest BCUT2D eigenvalue weighted by molar-refractivity contribution is -0.123. The topological polar surface area (TPSA) is 70.9 Å². The van der Waals surface area contributed by atoms with Gasteiger partial charge in [-0.05, 0) is 55.3 Å². The number of nitrogens with zero attached hydrogens (tertiary/aromatic N) is 1. The molecule has 0 aromatic heterocycles. The second-order valence-corrected chi connectivity index (χ2v) is 6.48. The first-order valence-corrected chi connectivity index (χ1v) is 8.24. The van der Waals surface area contributed by atoms with Gasteiger partial charge in [0, 0.05) is 15.1 Å². The van der Waals surface area contributed by atoms with Crippen molar-refractivity contribution in [3.05, 3.63) is 56.5 Å². The molecule has 0 aliphatic rings.